The molecule has 1 aromatic carbocycles. The number of piperazine rings is 1. The second-order valence-electron chi connectivity index (χ2n) is 7.55. The van der Waals surface area contributed by atoms with Gasteiger partial charge in [-0.25, -0.2) is 12.7 Å². The number of alkyl halides is 3. The molecule has 0 unspecified atom stereocenters. The summed E-state index contributed by atoms with van der Waals surface area (Å²) in [6.07, 6.45) is -4.69. The molecule has 0 atom stereocenters. The fraction of sp³-hybridized carbons (Fsp3) is 0.474. The van der Waals surface area contributed by atoms with Gasteiger partial charge in [0.2, 0.25) is 15.9 Å². The number of hydrogen-bond acceptors (Lipinski definition) is 5. The average molecular weight is 494 g/mol. The first-order chi connectivity index (χ1) is 14.8. The predicted molar refractivity (Wildman–Crippen MR) is 113 cm³/mol. The van der Waals surface area contributed by atoms with Crippen LogP contribution < -0.4 is 4.90 Å². The van der Waals surface area contributed by atoms with E-state index in [9.17, 15) is 26.4 Å². The third kappa shape index (κ3) is 4.86. The number of anilines is 1. The highest BCUT2D eigenvalue weighted by atomic mass is 35.5. The van der Waals surface area contributed by atoms with Crippen molar-refractivity contribution in [3.8, 4) is 0 Å². The van der Waals surface area contributed by atoms with Gasteiger partial charge in [0.15, 0.2) is 5.69 Å². The molecule has 0 aliphatic carbocycles. The Hall–Kier alpha value is -2.31. The molecule has 176 valence electrons. The maximum Gasteiger partial charge on any atom is 0.436 e. The summed E-state index contributed by atoms with van der Waals surface area (Å²) in [4.78, 5) is 16.4. The minimum atomic E-state index is -4.69. The molecular weight excluding hydrogens is 471 g/mol. The van der Waals surface area contributed by atoms with Crippen molar-refractivity contribution in [2.24, 2.45) is 0 Å². The molecule has 1 aliphatic heterocycles. The minimum absolute atomic E-state index is 0.0822. The van der Waals surface area contributed by atoms with Crippen LogP contribution in [0.5, 0.6) is 0 Å². The van der Waals surface area contributed by atoms with Crippen molar-refractivity contribution in [3.05, 3.63) is 40.7 Å². The summed E-state index contributed by atoms with van der Waals surface area (Å²) in [7, 11) is -0.594. The van der Waals surface area contributed by atoms with Gasteiger partial charge < -0.3 is 9.80 Å². The van der Waals surface area contributed by atoms with E-state index in [1.165, 1.54) is 33.2 Å². The summed E-state index contributed by atoms with van der Waals surface area (Å²) in [6, 6.07) is 6.48. The van der Waals surface area contributed by atoms with Gasteiger partial charge in [-0.2, -0.15) is 18.3 Å². The quantitative estimate of drug-likeness (QED) is 0.639. The van der Waals surface area contributed by atoms with Crippen molar-refractivity contribution in [3.63, 3.8) is 0 Å². The van der Waals surface area contributed by atoms with Crippen LogP contribution in [0, 0.1) is 6.92 Å². The molecule has 0 N–H and O–H groups in total. The van der Waals surface area contributed by atoms with Crippen molar-refractivity contribution < 1.29 is 26.4 Å². The fourth-order valence-corrected chi connectivity index (χ4v) is 4.49. The number of rotatable bonds is 5. The van der Waals surface area contributed by atoms with E-state index in [1.807, 2.05) is 4.90 Å². The highest BCUT2D eigenvalue weighted by molar-refractivity contribution is 7.89. The summed E-state index contributed by atoms with van der Waals surface area (Å²) in [6.45, 7) is 2.79. The lowest BCUT2D eigenvalue weighted by Crippen LogP contribution is -2.49. The van der Waals surface area contributed by atoms with Gasteiger partial charge in [-0.3, -0.25) is 9.48 Å². The first-order valence-corrected chi connectivity index (χ1v) is 11.5. The molecule has 1 amide bonds. The topological polar surface area (TPSA) is 78.8 Å². The molecule has 0 saturated carbocycles. The van der Waals surface area contributed by atoms with Crippen molar-refractivity contribution >= 4 is 33.2 Å². The third-order valence-electron chi connectivity index (χ3n) is 5.30. The van der Waals surface area contributed by atoms with E-state index in [-0.39, 0.29) is 23.0 Å². The Labute approximate surface area is 189 Å². The normalized spacial score (nSPS) is 15.5. The molecule has 1 fully saturated rings. The molecule has 8 nitrogen and oxygen atoms in total. The van der Waals surface area contributed by atoms with E-state index in [1.54, 1.807) is 17.0 Å². The molecular formula is C19H23ClF3N5O3S. The van der Waals surface area contributed by atoms with Gasteiger partial charge in [-0.05, 0) is 31.2 Å². The molecule has 1 saturated heterocycles. The second kappa shape index (κ2) is 8.91. The van der Waals surface area contributed by atoms with Gasteiger partial charge in [0.1, 0.15) is 6.54 Å². The summed E-state index contributed by atoms with van der Waals surface area (Å²) in [5.74, 6) is -0.354. The molecule has 13 heteroatoms. The van der Waals surface area contributed by atoms with E-state index in [0.717, 1.165) is 14.7 Å². The first kappa shape index (κ1) is 24.3. The largest absolute Gasteiger partial charge is 0.436 e. The first-order valence-electron chi connectivity index (χ1n) is 9.67. The van der Waals surface area contributed by atoms with Crippen molar-refractivity contribution in [2.45, 2.75) is 24.5 Å². The Morgan fingerprint density at radius 2 is 1.69 bits per heavy atom. The molecule has 32 heavy (non-hydrogen) atoms. The number of carbonyl (C=O) groups excluding carboxylic acids is 1. The predicted octanol–water partition coefficient (Wildman–Crippen LogP) is 2.46. The number of carbonyl (C=O) groups is 1. The fourth-order valence-electron chi connectivity index (χ4n) is 3.34. The Bertz CT molecular complexity index is 1090. The monoisotopic (exact) mass is 493 g/mol. The van der Waals surface area contributed by atoms with Gasteiger partial charge in [-0.15, -0.1) is 0 Å². The molecule has 1 aromatic heterocycles. The number of nitrogens with zero attached hydrogens (tertiary/aromatic N) is 5. The van der Waals surface area contributed by atoms with Gasteiger partial charge in [0, 0.05) is 46.0 Å². The lowest BCUT2D eigenvalue weighted by molar-refractivity contribution is -0.142. The van der Waals surface area contributed by atoms with Crippen LogP contribution >= 0.6 is 11.6 Å². The van der Waals surface area contributed by atoms with Gasteiger partial charge in [-0.1, -0.05) is 11.6 Å². The highest BCUT2D eigenvalue weighted by Crippen LogP contribution is 2.35. The Balaban J connectivity index is 1.62. The number of aromatic nitrogens is 2. The van der Waals surface area contributed by atoms with E-state index in [0.29, 0.717) is 26.2 Å². The average Bonchev–Trinajstić information content (AvgIpc) is 3.02. The lowest BCUT2D eigenvalue weighted by atomic mass is 10.2. The van der Waals surface area contributed by atoms with Crippen molar-refractivity contribution in [1.29, 1.82) is 0 Å². The molecule has 0 spiro atoms. The molecule has 2 heterocycles. The molecule has 1 aliphatic rings. The maximum absolute atomic E-state index is 13.0. The zero-order valence-electron chi connectivity index (χ0n) is 17.7. The van der Waals surface area contributed by atoms with Crippen LogP contribution in [-0.2, 0) is 27.5 Å². The van der Waals surface area contributed by atoms with E-state index in [4.69, 9.17) is 11.6 Å². The van der Waals surface area contributed by atoms with Crippen LogP contribution in [0.15, 0.2) is 29.2 Å². The van der Waals surface area contributed by atoms with Crippen LogP contribution in [0.4, 0.5) is 18.9 Å². The summed E-state index contributed by atoms with van der Waals surface area (Å²) < 4.78 is 65.4. The number of benzene rings is 1. The number of amides is 1. The van der Waals surface area contributed by atoms with Crippen LogP contribution in [0.3, 0.4) is 0 Å². The van der Waals surface area contributed by atoms with E-state index in [2.05, 4.69) is 5.10 Å². The summed E-state index contributed by atoms with van der Waals surface area (Å²) >= 11 is 5.74. The SMILES string of the molecule is Cc1c(Cl)c(C(F)(F)F)nn1CC(=O)N1CCN(c2ccc(S(=O)(=O)N(C)C)cc2)CC1. The number of halogens is 4. The Kier molecular flexibility index (Phi) is 6.78. The molecule has 3 rings (SSSR count). The van der Waals surface area contributed by atoms with Crippen molar-refractivity contribution in [1.82, 2.24) is 19.0 Å². The zero-order chi connectivity index (χ0) is 23.8. The minimum Gasteiger partial charge on any atom is -0.368 e. The third-order valence-corrected chi connectivity index (χ3v) is 7.58. The van der Waals surface area contributed by atoms with E-state index < -0.39 is 26.9 Å². The maximum atomic E-state index is 13.0. The number of sulfonamides is 1. The van der Waals surface area contributed by atoms with Crippen LogP contribution in [0.25, 0.3) is 0 Å². The standard InChI is InChI=1S/C19H23ClF3N5O3S/c1-13-17(20)18(19(21,22)23)24-28(13)12-16(29)27-10-8-26(9-11-27)14-4-6-15(7-5-14)32(30,31)25(2)3/h4-7H,8-12H2,1-3H3. The van der Waals surface area contributed by atoms with Gasteiger partial charge in [0.25, 0.3) is 0 Å². The van der Waals surface area contributed by atoms with Crippen LogP contribution in [0.1, 0.15) is 11.4 Å². The molecule has 0 radical (unpaired) electrons. The summed E-state index contributed by atoms with van der Waals surface area (Å²) in [5.41, 5.74) is -0.299. The zero-order valence-corrected chi connectivity index (χ0v) is 19.3. The Morgan fingerprint density at radius 1 is 1.12 bits per heavy atom. The number of hydrogen-bond donors (Lipinski definition) is 0. The van der Waals surface area contributed by atoms with Gasteiger partial charge in [0.05, 0.1) is 15.6 Å². The van der Waals surface area contributed by atoms with Crippen LogP contribution in [0.2, 0.25) is 5.02 Å². The second-order valence-corrected chi connectivity index (χ2v) is 10.1. The Morgan fingerprint density at radius 3 is 2.16 bits per heavy atom. The molecule has 0 bridgehead atoms. The van der Waals surface area contributed by atoms with Crippen molar-refractivity contribution in [2.75, 3.05) is 45.2 Å². The van der Waals surface area contributed by atoms with Gasteiger partial charge >= 0.3 is 6.18 Å². The smallest absolute Gasteiger partial charge is 0.368 e. The van der Waals surface area contributed by atoms with Crippen LogP contribution in [-0.4, -0.2) is 73.6 Å². The molecule has 2 aromatic rings. The highest BCUT2D eigenvalue weighted by Gasteiger charge is 2.38. The summed E-state index contributed by atoms with van der Waals surface area (Å²) in [5, 5.41) is 2.96. The lowest BCUT2D eigenvalue weighted by Gasteiger charge is -2.36. The van der Waals surface area contributed by atoms with E-state index >= 15 is 0 Å².